The van der Waals surface area contributed by atoms with Crippen LogP contribution in [0.4, 0.5) is 0 Å². The van der Waals surface area contributed by atoms with Gasteiger partial charge in [-0.1, -0.05) is 35.9 Å². The summed E-state index contributed by atoms with van der Waals surface area (Å²) in [5, 5.41) is 0.798. The van der Waals surface area contributed by atoms with E-state index >= 15 is 0 Å². The Morgan fingerprint density at radius 3 is 2.39 bits per heavy atom. The van der Waals surface area contributed by atoms with Gasteiger partial charge < -0.3 is 18.9 Å². The molecule has 3 aromatic rings. The fourth-order valence-electron chi connectivity index (χ4n) is 4.42. The van der Waals surface area contributed by atoms with Gasteiger partial charge in [0.25, 0.3) is 10.0 Å². The Bertz CT molecular complexity index is 1230. The van der Waals surface area contributed by atoms with Crippen LogP contribution in [0.1, 0.15) is 31.2 Å². The van der Waals surface area contributed by atoms with Crippen LogP contribution in [0.5, 0.6) is 0 Å². The molecular formula is C23H25NO6S. The number of benzene rings is 2. The van der Waals surface area contributed by atoms with E-state index in [-0.39, 0.29) is 4.90 Å². The summed E-state index contributed by atoms with van der Waals surface area (Å²) < 4.78 is 52.6. The molecule has 4 atom stereocenters. The number of nitrogens with zero attached hydrogens (tertiary/aromatic N) is 1. The predicted octanol–water partition coefficient (Wildman–Crippen LogP) is 3.75. The van der Waals surface area contributed by atoms with E-state index in [1.165, 1.54) is 11.1 Å². The molecule has 2 fully saturated rings. The van der Waals surface area contributed by atoms with Gasteiger partial charge in [-0.15, -0.1) is 0 Å². The number of ether oxygens (including phenoxy) is 4. The molecule has 5 rings (SSSR count). The fraction of sp³-hybridized carbons (Fsp3) is 0.391. The van der Waals surface area contributed by atoms with Crippen LogP contribution < -0.4 is 0 Å². The molecule has 164 valence electrons. The summed E-state index contributed by atoms with van der Waals surface area (Å²) in [4.78, 5) is 0.211. The van der Waals surface area contributed by atoms with Crippen LogP contribution in [0, 0.1) is 6.92 Å². The molecule has 0 N–H and O–H groups in total. The van der Waals surface area contributed by atoms with Crippen LogP contribution in [0.3, 0.4) is 0 Å². The van der Waals surface area contributed by atoms with Crippen molar-refractivity contribution >= 4 is 20.9 Å². The number of methoxy groups -OCH3 is 1. The zero-order chi connectivity index (χ0) is 22.0. The molecule has 0 unspecified atom stereocenters. The molecule has 7 nitrogen and oxygen atoms in total. The van der Waals surface area contributed by atoms with Gasteiger partial charge in [0.2, 0.25) is 0 Å². The molecule has 0 spiro atoms. The van der Waals surface area contributed by atoms with Crippen molar-refractivity contribution < 1.29 is 27.4 Å². The first-order valence-corrected chi connectivity index (χ1v) is 11.6. The summed E-state index contributed by atoms with van der Waals surface area (Å²) in [6.07, 6.45) is -2.30. The minimum absolute atomic E-state index is 0.211. The molecule has 0 saturated carbocycles. The predicted molar refractivity (Wildman–Crippen MR) is 114 cm³/mol. The van der Waals surface area contributed by atoms with Crippen LogP contribution in [-0.2, 0) is 29.0 Å². The average Bonchev–Trinajstić information content (AvgIpc) is 3.36. The number of fused-ring (bicyclic) bond motifs is 2. The Kier molecular flexibility index (Phi) is 4.76. The Labute approximate surface area is 181 Å². The zero-order valence-electron chi connectivity index (χ0n) is 17.8. The van der Waals surface area contributed by atoms with E-state index in [9.17, 15) is 8.42 Å². The average molecular weight is 444 g/mol. The van der Waals surface area contributed by atoms with Crippen molar-refractivity contribution in [1.82, 2.24) is 3.97 Å². The fourth-order valence-corrected chi connectivity index (χ4v) is 5.97. The third kappa shape index (κ3) is 3.30. The molecule has 3 heterocycles. The summed E-state index contributed by atoms with van der Waals surface area (Å²) >= 11 is 0. The van der Waals surface area contributed by atoms with Crippen molar-refractivity contribution in [1.29, 1.82) is 0 Å². The molecule has 31 heavy (non-hydrogen) atoms. The highest BCUT2D eigenvalue weighted by Gasteiger charge is 2.57. The molecule has 8 heteroatoms. The molecule has 0 bridgehead atoms. The SMILES string of the molecule is CO[C@H]1O[C@H](c2cc3ccccc3n2S(=O)(=O)c2ccc(C)cc2)[C@H]2OC(C)(C)O[C@@H]12. The molecule has 2 aromatic carbocycles. The smallest absolute Gasteiger partial charge is 0.268 e. The molecule has 0 aliphatic carbocycles. The molecule has 2 saturated heterocycles. The maximum Gasteiger partial charge on any atom is 0.268 e. The standard InChI is InChI=1S/C23H25NO6S/c1-14-9-11-16(12-10-14)31(25,26)24-17-8-6-5-7-15(17)13-18(24)19-20-21(22(27-4)28-19)30-23(2,3)29-20/h5-13,19-22H,1-4H3/t19-,20-,21-,22+/m1/s1. The zero-order valence-corrected chi connectivity index (χ0v) is 18.6. The lowest BCUT2D eigenvalue weighted by molar-refractivity contribution is -0.228. The summed E-state index contributed by atoms with van der Waals surface area (Å²) in [5.41, 5.74) is 2.05. The van der Waals surface area contributed by atoms with E-state index in [1.807, 2.05) is 45.0 Å². The number of rotatable bonds is 4. The summed E-state index contributed by atoms with van der Waals surface area (Å²) in [6.45, 7) is 5.57. The van der Waals surface area contributed by atoms with Gasteiger partial charge in [-0.3, -0.25) is 0 Å². The minimum atomic E-state index is -3.89. The van der Waals surface area contributed by atoms with Crippen molar-refractivity contribution in [2.75, 3.05) is 7.11 Å². The first kappa shape index (κ1) is 20.7. The van der Waals surface area contributed by atoms with Crippen molar-refractivity contribution in [3.05, 3.63) is 65.9 Å². The third-order valence-corrected chi connectivity index (χ3v) is 7.54. The summed E-state index contributed by atoms with van der Waals surface area (Å²) in [7, 11) is -2.35. The van der Waals surface area contributed by atoms with Gasteiger partial charge in [-0.05, 0) is 45.0 Å². The maximum atomic E-state index is 13.8. The quantitative estimate of drug-likeness (QED) is 0.611. The molecule has 1 aromatic heterocycles. The van der Waals surface area contributed by atoms with Crippen LogP contribution >= 0.6 is 0 Å². The Hall–Kier alpha value is -2.23. The second-order valence-electron chi connectivity index (χ2n) is 8.44. The Balaban J connectivity index is 1.69. The first-order chi connectivity index (χ1) is 14.7. The monoisotopic (exact) mass is 443 g/mol. The molecular weight excluding hydrogens is 418 g/mol. The maximum absolute atomic E-state index is 13.8. The topological polar surface area (TPSA) is 76.0 Å². The van der Waals surface area contributed by atoms with E-state index in [2.05, 4.69) is 0 Å². The third-order valence-electron chi connectivity index (χ3n) is 5.79. The highest BCUT2D eigenvalue weighted by atomic mass is 32.2. The van der Waals surface area contributed by atoms with Gasteiger partial charge in [0, 0.05) is 12.5 Å². The second-order valence-corrected chi connectivity index (χ2v) is 10.2. The molecule has 0 radical (unpaired) electrons. The summed E-state index contributed by atoms with van der Waals surface area (Å²) in [6, 6.07) is 16.0. The largest absolute Gasteiger partial charge is 0.353 e. The van der Waals surface area contributed by atoms with Crippen molar-refractivity contribution in [3.8, 4) is 0 Å². The number of aromatic nitrogens is 1. The highest BCUT2D eigenvalue weighted by molar-refractivity contribution is 7.90. The van der Waals surface area contributed by atoms with E-state index in [4.69, 9.17) is 18.9 Å². The highest BCUT2D eigenvalue weighted by Crippen LogP contribution is 2.46. The van der Waals surface area contributed by atoms with Gasteiger partial charge in [0.1, 0.15) is 18.3 Å². The number of para-hydroxylation sites is 1. The molecule has 0 amide bonds. The van der Waals surface area contributed by atoms with E-state index in [0.717, 1.165) is 10.9 Å². The van der Waals surface area contributed by atoms with Crippen molar-refractivity contribution in [2.24, 2.45) is 0 Å². The van der Waals surface area contributed by atoms with Crippen LogP contribution in [-0.4, -0.2) is 43.8 Å². The van der Waals surface area contributed by atoms with Gasteiger partial charge in [-0.2, -0.15) is 0 Å². The van der Waals surface area contributed by atoms with Gasteiger partial charge in [-0.25, -0.2) is 12.4 Å². The Morgan fingerprint density at radius 2 is 1.68 bits per heavy atom. The Morgan fingerprint density at radius 1 is 1.00 bits per heavy atom. The molecule has 2 aliphatic rings. The summed E-state index contributed by atoms with van der Waals surface area (Å²) in [5.74, 6) is -0.819. The van der Waals surface area contributed by atoms with Crippen LogP contribution in [0.25, 0.3) is 10.9 Å². The first-order valence-electron chi connectivity index (χ1n) is 10.2. The van der Waals surface area contributed by atoms with E-state index in [1.54, 1.807) is 30.3 Å². The van der Waals surface area contributed by atoms with Gasteiger partial charge in [0.15, 0.2) is 12.1 Å². The van der Waals surface area contributed by atoms with Crippen molar-refractivity contribution in [3.63, 3.8) is 0 Å². The van der Waals surface area contributed by atoms with Crippen molar-refractivity contribution in [2.45, 2.75) is 56.1 Å². The van der Waals surface area contributed by atoms with E-state index in [0.29, 0.717) is 11.2 Å². The number of aryl methyl sites for hydroxylation is 1. The van der Waals surface area contributed by atoms with Gasteiger partial charge >= 0.3 is 0 Å². The second kappa shape index (κ2) is 7.15. The normalized spacial score (nSPS) is 27.6. The lowest BCUT2D eigenvalue weighted by atomic mass is 10.1. The van der Waals surface area contributed by atoms with E-state index < -0.39 is 40.4 Å². The lowest BCUT2D eigenvalue weighted by Gasteiger charge is -2.24. The minimum Gasteiger partial charge on any atom is -0.353 e. The number of hydrogen-bond donors (Lipinski definition) is 0. The van der Waals surface area contributed by atoms with Crippen LogP contribution in [0.15, 0.2) is 59.5 Å². The lowest BCUT2D eigenvalue weighted by Crippen LogP contribution is -2.30. The molecule has 2 aliphatic heterocycles. The number of hydrogen-bond acceptors (Lipinski definition) is 6. The van der Waals surface area contributed by atoms with Gasteiger partial charge in [0.05, 0.1) is 16.1 Å². The van der Waals surface area contributed by atoms with Crippen LogP contribution in [0.2, 0.25) is 0 Å².